The second-order valence-corrected chi connectivity index (χ2v) is 14.4. The van der Waals surface area contributed by atoms with Gasteiger partial charge in [-0.15, -0.1) is 0 Å². The number of aliphatic hydroxyl groups is 1. The van der Waals surface area contributed by atoms with Gasteiger partial charge in [-0.05, 0) is 18.8 Å². The average Bonchev–Trinajstić information content (AvgIpc) is 3.71. The molecule has 18 nitrogen and oxygen atoms in total. The third-order valence-electron chi connectivity index (χ3n) is 9.42. The molecule has 3 unspecified atom stereocenters. The molecule has 4 aromatic heterocycles. The summed E-state index contributed by atoms with van der Waals surface area (Å²) in [4.78, 5) is 46.2. The fraction of sp³-hybridized carbons (Fsp3) is 0.565. The Morgan fingerprint density at radius 1 is 1.16 bits per heavy atom. The summed E-state index contributed by atoms with van der Waals surface area (Å²) in [7, 11) is -8.18. The molecule has 2 saturated carbocycles. The van der Waals surface area contributed by atoms with E-state index < -0.39 is 88.4 Å². The predicted molar refractivity (Wildman–Crippen MR) is 146 cm³/mol. The molecule has 6 heterocycles. The molecule has 234 valence electrons. The lowest BCUT2D eigenvalue weighted by atomic mass is 9.60. The first-order valence-corrected chi connectivity index (χ1v) is 16.6. The van der Waals surface area contributed by atoms with E-state index in [1.807, 2.05) is 0 Å². The Morgan fingerprint density at radius 2 is 1.93 bits per heavy atom. The van der Waals surface area contributed by atoms with Crippen molar-refractivity contribution in [1.29, 1.82) is 0 Å². The van der Waals surface area contributed by atoms with Crippen LogP contribution in [0.1, 0.15) is 25.1 Å². The molecule has 2 aliphatic heterocycles. The number of alkyl halides is 1. The first-order valence-electron chi connectivity index (χ1n) is 13.7. The van der Waals surface area contributed by atoms with E-state index >= 15 is 4.39 Å². The fourth-order valence-corrected chi connectivity index (χ4v) is 9.92. The number of aliphatic hydroxyl groups excluding tert-OH is 1. The maximum atomic E-state index is 16.2. The molecule has 0 radical (unpaired) electrons. The SMILES string of the molecule is Nc1ncnc2c1ncn2[C@H]1[C@H](O)[C@@H]2O[PH](=O)OC[C@H]3O[C@@H](n4cnc5c(=O)[nH]cnc54)[C@H](F)[C@@H]3P(=O)(O)OCC23CC[C@H]13. The summed E-state index contributed by atoms with van der Waals surface area (Å²) >= 11 is 0. The van der Waals surface area contributed by atoms with Crippen molar-refractivity contribution in [3.63, 3.8) is 0 Å². The quantitative estimate of drug-likeness (QED) is 0.215. The molecule has 0 amide bonds. The van der Waals surface area contributed by atoms with Gasteiger partial charge >= 0.3 is 15.9 Å². The number of anilines is 1. The Hall–Kier alpha value is -3.15. The number of H-pyrrole nitrogens is 1. The number of ether oxygens (including phenoxy) is 1. The largest absolute Gasteiger partial charge is 0.388 e. The van der Waals surface area contributed by atoms with Gasteiger partial charge in [-0.3, -0.25) is 18.5 Å². The maximum Gasteiger partial charge on any atom is 0.337 e. The van der Waals surface area contributed by atoms with Gasteiger partial charge in [-0.2, -0.15) is 0 Å². The average molecular weight is 653 g/mol. The van der Waals surface area contributed by atoms with Crippen molar-refractivity contribution >= 4 is 44.0 Å². The summed E-state index contributed by atoms with van der Waals surface area (Å²) in [5.41, 5.74) is 3.17. The van der Waals surface area contributed by atoms with Crippen LogP contribution in [0.15, 0.2) is 30.1 Å². The van der Waals surface area contributed by atoms with Crippen LogP contribution in [0.3, 0.4) is 0 Å². The van der Waals surface area contributed by atoms with Crippen LogP contribution in [0, 0.1) is 11.3 Å². The van der Waals surface area contributed by atoms with Crippen LogP contribution in [-0.4, -0.2) is 92.4 Å². The number of rotatable bonds is 2. The minimum atomic E-state index is -4.83. The normalized spacial score (nSPS) is 40.7. The van der Waals surface area contributed by atoms with Crippen LogP contribution < -0.4 is 11.3 Å². The second kappa shape index (κ2) is 9.92. The van der Waals surface area contributed by atoms with E-state index in [0.717, 1.165) is 17.2 Å². The van der Waals surface area contributed by atoms with Crippen molar-refractivity contribution in [2.45, 2.75) is 55.3 Å². The molecule has 4 fully saturated rings. The Morgan fingerprint density at radius 3 is 2.73 bits per heavy atom. The zero-order valence-corrected chi connectivity index (χ0v) is 24.4. The minimum Gasteiger partial charge on any atom is -0.388 e. The van der Waals surface area contributed by atoms with Gasteiger partial charge in [-0.1, -0.05) is 0 Å². The Bertz CT molecular complexity index is 1920. The van der Waals surface area contributed by atoms with Gasteiger partial charge < -0.3 is 43.6 Å². The number of fused-ring (bicyclic) bond motifs is 3. The smallest absolute Gasteiger partial charge is 0.337 e. The number of hydrogen-bond acceptors (Lipinski definition) is 14. The summed E-state index contributed by atoms with van der Waals surface area (Å²) in [6.07, 6.45) is -1.51. The van der Waals surface area contributed by atoms with Crippen LogP contribution >= 0.6 is 15.9 Å². The highest BCUT2D eigenvalue weighted by atomic mass is 31.2. The monoisotopic (exact) mass is 653 g/mol. The molecule has 0 bridgehead atoms. The Kier molecular flexibility index (Phi) is 6.39. The number of nitrogens with two attached hydrogens (primary N) is 1. The topological polar surface area (TPSA) is 245 Å². The first-order chi connectivity index (χ1) is 21.1. The van der Waals surface area contributed by atoms with Crippen LogP contribution in [-0.2, 0) is 27.4 Å². The molecule has 11 atom stereocenters. The highest BCUT2D eigenvalue weighted by Crippen LogP contribution is 2.67. The summed E-state index contributed by atoms with van der Waals surface area (Å²) in [6, 6.07) is -0.696. The van der Waals surface area contributed by atoms with Crippen molar-refractivity contribution < 1.29 is 41.8 Å². The summed E-state index contributed by atoms with van der Waals surface area (Å²) in [6.45, 7) is -0.993. The van der Waals surface area contributed by atoms with Crippen molar-refractivity contribution in [2.24, 2.45) is 11.3 Å². The van der Waals surface area contributed by atoms with E-state index in [2.05, 4.69) is 29.9 Å². The molecule has 2 aliphatic carbocycles. The van der Waals surface area contributed by atoms with Crippen LogP contribution in [0.5, 0.6) is 0 Å². The Balaban J connectivity index is 1.13. The third-order valence-corrected chi connectivity index (χ3v) is 12.1. The molecule has 44 heavy (non-hydrogen) atoms. The van der Waals surface area contributed by atoms with E-state index in [4.69, 9.17) is 24.0 Å². The number of nitrogens with zero attached hydrogens (tertiary/aromatic N) is 7. The molecule has 21 heteroatoms. The van der Waals surface area contributed by atoms with E-state index in [1.54, 1.807) is 4.57 Å². The van der Waals surface area contributed by atoms with E-state index in [9.17, 15) is 23.9 Å². The van der Waals surface area contributed by atoms with E-state index in [-0.39, 0.29) is 17.0 Å². The maximum absolute atomic E-state index is 16.2. The summed E-state index contributed by atoms with van der Waals surface area (Å²) in [5, 5.41) is 11.6. The van der Waals surface area contributed by atoms with Crippen LogP contribution in [0.4, 0.5) is 10.2 Å². The minimum absolute atomic E-state index is 0.00230. The highest BCUT2D eigenvalue weighted by Gasteiger charge is 2.68. The number of nitrogens with one attached hydrogen (secondary N) is 1. The van der Waals surface area contributed by atoms with Gasteiger partial charge in [0.1, 0.15) is 35.8 Å². The zero-order chi connectivity index (χ0) is 30.5. The van der Waals surface area contributed by atoms with E-state index in [1.165, 1.54) is 12.7 Å². The molecule has 4 aliphatic rings. The van der Waals surface area contributed by atoms with Gasteiger partial charge in [0.05, 0.1) is 38.2 Å². The lowest BCUT2D eigenvalue weighted by Gasteiger charge is -2.48. The molecule has 1 spiro atoms. The lowest BCUT2D eigenvalue weighted by molar-refractivity contribution is -0.0847. The number of imidazole rings is 2. The number of aromatic amines is 1. The van der Waals surface area contributed by atoms with E-state index in [0.29, 0.717) is 24.0 Å². The highest BCUT2D eigenvalue weighted by molar-refractivity contribution is 7.53. The van der Waals surface area contributed by atoms with Gasteiger partial charge in [0.15, 0.2) is 35.0 Å². The van der Waals surface area contributed by atoms with Gasteiger partial charge in [-0.25, -0.2) is 29.3 Å². The molecular formula is C23H26FN9O9P2. The number of aromatic nitrogens is 8. The zero-order valence-electron chi connectivity index (χ0n) is 22.5. The first kappa shape index (κ1) is 28.3. The number of nitrogen functional groups attached to an aromatic ring is 1. The van der Waals surface area contributed by atoms with Crippen molar-refractivity contribution in [2.75, 3.05) is 18.9 Å². The van der Waals surface area contributed by atoms with Crippen molar-refractivity contribution in [1.82, 2.24) is 39.0 Å². The number of halogens is 1. The fourth-order valence-electron chi connectivity index (χ4n) is 7.29. The molecule has 8 rings (SSSR count). The van der Waals surface area contributed by atoms with Gasteiger partial charge in [0, 0.05) is 5.41 Å². The summed E-state index contributed by atoms with van der Waals surface area (Å²) in [5.74, 6) is -0.240. The number of hydrogen-bond donors (Lipinski definition) is 4. The predicted octanol–water partition coefficient (Wildman–Crippen LogP) is 0.465. The lowest BCUT2D eigenvalue weighted by Crippen LogP contribution is -2.49. The van der Waals surface area contributed by atoms with Crippen molar-refractivity contribution in [3.05, 3.63) is 35.7 Å². The molecule has 4 aromatic rings. The van der Waals surface area contributed by atoms with Crippen LogP contribution in [0.25, 0.3) is 22.3 Å². The van der Waals surface area contributed by atoms with Crippen molar-refractivity contribution in [3.8, 4) is 0 Å². The second-order valence-electron chi connectivity index (χ2n) is 11.4. The van der Waals surface area contributed by atoms with Gasteiger partial charge in [0.2, 0.25) is 0 Å². The molecule has 2 saturated heterocycles. The Labute approximate surface area is 246 Å². The summed E-state index contributed by atoms with van der Waals surface area (Å²) < 4.78 is 68.8. The molecule has 5 N–H and O–H groups in total. The molecular weight excluding hydrogens is 627 g/mol. The van der Waals surface area contributed by atoms with Crippen LogP contribution in [0.2, 0.25) is 0 Å². The van der Waals surface area contributed by atoms with Gasteiger partial charge in [0.25, 0.3) is 5.56 Å². The third kappa shape index (κ3) is 3.94. The molecule has 0 aromatic carbocycles. The standard InChI is InChI=1S/C23H26FN9O9P2/c24-11-16-10(41-22(11)33-8-31-13-20(33)28-6-29-21(13)35)3-39-43(36)42-17-15(34)14(9-1-2-23(9,17)4-40-44(16,37)38)32-7-30-12-18(25)26-5-27-19(12)32/h5-11,14-17,22,34,43H,1-4H2,(H,37,38)(H2,25,26,27)(H,28,29,35)/t9-,10-,11-,14-,15+,16-,17+,22-,23?/m1/s1.